The summed E-state index contributed by atoms with van der Waals surface area (Å²) < 4.78 is 5.82. The van der Waals surface area contributed by atoms with Crippen molar-refractivity contribution < 1.29 is 4.74 Å². The summed E-state index contributed by atoms with van der Waals surface area (Å²) in [6, 6.07) is 12.1. The average molecular weight is 466 g/mol. The van der Waals surface area contributed by atoms with Crippen molar-refractivity contribution in [3.8, 4) is 5.88 Å². The zero-order chi connectivity index (χ0) is 17.6. The van der Waals surface area contributed by atoms with Gasteiger partial charge < -0.3 is 15.8 Å². The molecule has 0 atom stereocenters. The summed E-state index contributed by atoms with van der Waals surface area (Å²) in [5, 5.41) is 3.15. The number of halogens is 1. The molecule has 3 N–H and O–H groups in total. The summed E-state index contributed by atoms with van der Waals surface area (Å²) in [6.45, 7) is 4.83. The average Bonchev–Trinajstić information content (AvgIpc) is 2.57. The third-order valence-electron chi connectivity index (χ3n) is 4.40. The fourth-order valence-electron chi connectivity index (χ4n) is 2.61. The van der Waals surface area contributed by atoms with Crippen molar-refractivity contribution in [2.45, 2.75) is 51.7 Å². The quantitative estimate of drug-likeness (QED) is 0.369. The molecular formula is C20H27IN4O. The second-order valence-electron chi connectivity index (χ2n) is 6.78. The Morgan fingerprint density at radius 1 is 1.31 bits per heavy atom. The molecule has 0 amide bonds. The standard InChI is InChI=1S/C20H26N4O.HI/c1-14(2)16-5-3-6-17(12-16)24-20(21)23-13-15-9-10-22-19(11-15)25-18-7-4-8-18;/h3,5-6,9-12,14,18H,4,7-8,13H2,1-2H3,(H3,21,23,24);1H. The zero-order valence-electron chi connectivity index (χ0n) is 15.3. The van der Waals surface area contributed by atoms with Crippen molar-refractivity contribution >= 4 is 35.6 Å². The minimum absolute atomic E-state index is 0. The van der Waals surface area contributed by atoms with E-state index in [1.807, 2.05) is 24.3 Å². The van der Waals surface area contributed by atoms with Gasteiger partial charge in [0, 0.05) is 18.0 Å². The van der Waals surface area contributed by atoms with E-state index >= 15 is 0 Å². The van der Waals surface area contributed by atoms with Gasteiger partial charge in [0.15, 0.2) is 5.96 Å². The largest absolute Gasteiger partial charge is 0.474 e. The number of anilines is 1. The maximum absolute atomic E-state index is 6.02. The highest BCUT2D eigenvalue weighted by molar-refractivity contribution is 14.0. The maximum Gasteiger partial charge on any atom is 0.213 e. The Morgan fingerprint density at radius 3 is 2.81 bits per heavy atom. The first-order chi connectivity index (χ1) is 12.1. The first-order valence-electron chi connectivity index (χ1n) is 8.88. The monoisotopic (exact) mass is 466 g/mol. The van der Waals surface area contributed by atoms with Crippen LogP contribution in [0.15, 0.2) is 47.6 Å². The molecule has 5 nitrogen and oxygen atoms in total. The number of aromatic nitrogens is 1. The molecule has 2 aromatic rings. The van der Waals surface area contributed by atoms with Gasteiger partial charge in [0.1, 0.15) is 6.10 Å². The Kier molecular flexibility index (Phi) is 7.68. The van der Waals surface area contributed by atoms with Crippen LogP contribution in [0, 0.1) is 0 Å². The van der Waals surface area contributed by atoms with Crippen molar-refractivity contribution in [3.05, 3.63) is 53.7 Å². The van der Waals surface area contributed by atoms with E-state index in [1.165, 1.54) is 12.0 Å². The van der Waals surface area contributed by atoms with E-state index in [4.69, 9.17) is 10.5 Å². The number of guanidine groups is 1. The summed E-state index contributed by atoms with van der Waals surface area (Å²) in [5.41, 5.74) is 9.28. The van der Waals surface area contributed by atoms with Crippen molar-refractivity contribution in [2.75, 3.05) is 5.32 Å². The molecule has 0 saturated heterocycles. The lowest BCUT2D eigenvalue weighted by Gasteiger charge is -2.25. The van der Waals surface area contributed by atoms with Gasteiger partial charge in [0.05, 0.1) is 6.54 Å². The highest BCUT2D eigenvalue weighted by Gasteiger charge is 2.19. The van der Waals surface area contributed by atoms with E-state index in [0.717, 1.165) is 24.1 Å². The second kappa shape index (κ2) is 9.75. The van der Waals surface area contributed by atoms with Gasteiger partial charge >= 0.3 is 0 Å². The van der Waals surface area contributed by atoms with E-state index in [9.17, 15) is 0 Å². The summed E-state index contributed by atoms with van der Waals surface area (Å²) in [5.74, 6) is 1.55. The number of nitrogens with one attached hydrogen (secondary N) is 1. The molecule has 0 unspecified atom stereocenters. The molecule has 1 aromatic heterocycles. The third-order valence-corrected chi connectivity index (χ3v) is 4.40. The molecule has 26 heavy (non-hydrogen) atoms. The van der Waals surface area contributed by atoms with E-state index in [-0.39, 0.29) is 24.0 Å². The fourth-order valence-corrected chi connectivity index (χ4v) is 2.61. The number of ether oxygens (including phenoxy) is 1. The molecule has 6 heteroatoms. The van der Waals surface area contributed by atoms with Gasteiger partial charge in [0.25, 0.3) is 0 Å². The van der Waals surface area contributed by atoms with Gasteiger partial charge in [-0.2, -0.15) is 0 Å². The van der Waals surface area contributed by atoms with E-state index < -0.39 is 0 Å². The van der Waals surface area contributed by atoms with Crippen LogP contribution >= 0.6 is 24.0 Å². The van der Waals surface area contributed by atoms with E-state index in [0.29, 0.717) is 30.4 Å². The molecule has 0 aliphatic heterocycles. The molecular weight excluding hydrogens is 439 g/mol. The van der Waals surface area contributed by atoms with Crippen molar-refractivity contribution in [1.29, 1.82) is 0 Å². The minimum Gasteiger partial charge on any atom is -0.474 e. The molecule has 140 valence electrons. The molecule has 1 heterocycles. The molecule has 3 rings (SSSR count). The highest BCUT2D eigenvalue weighted by atomic mass is 127. The lowest BCUT2D eigenvalue weighted by atomic mass is 9.96. The van der Waals surface area contributed by atoms with Gasteiger partial charge in [0.2, 0.25) is 5.88 Å². The molecule has 0 spiro atoms. The van der Waals surface area contributed by atoms with Gasteiger partial charge in [-0.3, -0.25) is 0 Å². The molecule has 1 fully saturated rings. The number of aliphatic imine (C=N–C) groups is 1. The fraction of sp³-hybridized carbons (Fsp3) is 0.400. The number of rotatable bonds is 6. The number of pyridine rings is 1. The minimum atomic E-state index is 0. The maximum atomic E-state index is 6.02. The van der Waals surface area contributed by atoms with Crippen LogP contribution < -0.4 is 15.8 Å². The van der Waals surface area contributed by atoms with Crippen molar-refractivity contribution in [2.24, 2.45) is 10.7 Å². The number of benzene rings is 1. The Bertz CT molecular complexity index is 744. The Morgan fingerprint density at radius 2 is 2.12 bits per heavy atom. The van der Waals surface area contributed by atoms with Crippen LogP contribution in [0.4, 0.5) is 5.69 Å². The molecule has 1 saturated carbocycles. The van der Waals surface area contributed by atoms with Gasteiger partial charge in [-0.15, -0.1) is 24.0 Å². The number of hydrogen-bond acceptors (Lipinski definition) is 3. The molecule has 1 aliphatic rings. The van der Waals surface area contributed by atoms with Crippen LogP contribution in [0.2, 0.25) is 0 Å². The molecule has 0 bridgehead atoms. The van der Waals surface area contributed by atoms with Gasteiger partial charge in [-0.1, -0.05) is 26.0 Å². The van der Waals surface area contributed by atoms with Crippen LogP contribution in [0.25, 0.3) is 0 Å². The predicted molar refractivity (Wildman–Crippen MR) is 117 cm³/mol. The molecule has 1 aliphatic carbocycles. The highest BCUT2D eigenvalue weighted by Crippen LogP contribution is 2.24. The Labute approximate surface area is 172 Å². The van der Waals surface area contributed by atoms with E-state index in [1.54, 1.807) is 6.20 Å². The first kappa shape index (κ1) is 20.5. The summed E-state index contributed by atoms with van der Waals surface area (Å²) in [6.07, 6.45) is 5.57. The van der Waals surface area contributed by atoms with Crippen molar-refractivity contribution in [1.82, 2.24) is 4.98 Å². The Hall–Kier alpha value is -1.83. The van der Waals surface area contributed by atoms with E-state index in [2.05, 4.69) is 41.3 Å². The summed E-state index contributed by atoms with van der Waals surface area (Å²) in [7, 11) is 0. The van der Waals surface area contributed by atoms with Gasteiger partial charge in [-0.05, 0) is 54.5 Å². The number of nitrogens with zero attached hydrogens (tertiary/aromatic N) is 2. The summed E-state index contributed by atoms with van der Waals surface area (Å²) in [4.78, 5) is 8.68. The van der Waals surface area contributed by atoms with Gasteiger partial charge in [-0.25, -0.2) is 9.98 Å². The predicted octanol–water partition coefficient (Wildman–Crippen LogP) is 4.68. The third kappa shape index (κ3) is 5.86. The number of hydrogen-bond donors (Lipinski definition) is 2. The van der Waals surface area contributed by atoms with Crippen LogP contribution in [-0.2, 0) is 6.54 Å². The number of nitrogens with two attached hydrogens (primary N) is 1. The topological polar surface area (TPSA) is 72.5 Å². The van der Waals surface area contributed by atoms with Crippen LogP contribution in [-0.4, -0.2) is 17.0 Å². The normalized spacial score (nSPS) is 14.5. The smallest absolute Gasteiger partial charge is 0.213 e. The lowest BCUT2D eigenvalue weighted by Crippen LogP contribution is -2.25. The molecule has 1 aromatic carbocycles. The SMILES string of the molecule is CC(C)c1cccc(NC(N)=NCc2ccnc(OC3CCC3)c2)c1.I. The second-order valence-corrected chi connectivity index (χ2v) is 6.78. The lowest BCUT2D eigenvalue weighted by molar-refractivity contribution is 0.114. The van der Waals surface area contributed by atoms with Crippen LogP contribution in [0.3, 0.4) is 0 Å². The zero-order valence-corrected chi connectivity index (χ0v) is 17.6. The van der Waals surface area contributed by atoms with Crippen LogP contribution in [0.5, 0.6) is 5.88 Å². The summed E-state index contributed by atoms with van der Waals surface area (Å²) >= 11 is 0. The van der Waals surface area contributed by atoms with Crippen LogP contribution in [0.1, 0.15) is 50.2 Å². The van der Waals surface area contributed by atoms with Crippen molar-refractivity contribution in [3.63, 3.8) is 0 Å². The molecule has 0 radical (unpaired) electrons. The Balaban J connectivity index is 0.00000243. The first-order valence-corrected chi connectivity index (χ1v) is 8.88.